The van der Waals surface area contributed by atoms with E-state index in [-0.39, 0.29) is 6.03 Å². The molecule has 2 aliphatic carbocycles. The molecule has 3 fully saturated rings. The Morgan fingerprint density at radius 1 is 1.24 bits per heavy atom. The number of piperidine rings is 2. The Morgan fingerprint density at radius 3 is 3.04 bits per heavy atom. The molecular formula is C21H29N3O. The van der Waals surface area contributed by atoms with Crippen molar-refractivity contribution in [1.29, 1.82) is 0 Å². The highest BCUT2D eigenvalue weighted by Crippen LogP contribution is 2.60. The van der Waals surface area contributed by atoms with E-state index in [2.05, 4.69) is 46.4 Å². The van der Waals surface area contributed by atoms with Gasteiger partial charge in [-0.3, -0.25) is 0 Å². The van der Waals surface area contributed by atoms with Crippen LogP contribution in [0.4, 0.5) is 4.79 Å². The molecule has 0 unspecified atom stereocenters. The van der Waals surface area contributed by atoms with Crippen LogP contribution in [0.15, 0.2) is 24.3 Å². The zero-order valence-electron chi connectivity index (χ0n) is 15.2. The van der Waals surface area contributed by atoms with Gasteiger partial charge in [-0.05, 0) is 74.1 Å². The molecule has 5 atom stereocenters. The third-order valence-electron chi connectivity index (χ3n) is 7.22. The molecule has 1 aromatic rings. The number of carbonyl (C=O) groups excluding carboxylic acids is 1. The van der Waals surface area contributed by atoms with Crippen LogP contribution in [0, 0.1) is 17.8 Å². The summed E-state index contributed by atoms with van der Waals surface area (Å²) in [6, 6.07) is 9.51. The highest BCUT2D eigenvalue weighted by atomic mass is 16.2. The summed E-state index contributed by atoms with van der Waals surface area (Å²) < 4.78 is 0. The second kappa shape index (κ2) is 6.01. The summed E-state index contributed by atoms with van der Waals surface area (Å²) >= 11 is 0. The van der Waals surface area contributed by atoms with E-state index in [1.54, 1.807) is 5.56 Å². The van der Waals surface area contributed by atoms with E-state index in [0.717, 1.165) is 44.9 Å². The molecule has 2 aliphatic heterocycles. The number of benzene rings is 1. The lowest BCUT2D eigenvalue weighted by molar-refractivity contribution is 0.0533. The van der Waals surface area contributed by atoms with Crippen LogP contribution >= 0.6 is 0 Å². The number of rotatable bonds is 2. The number of hydrogen-bond acceptors (Lipinski definition) is 2. The van der Waals surface area contributed by atoms with E-state index >= 15 is 0 Å². The molecule has 1 N–H and O–H groups in total. The van der Waals surface area contributed by atoms with Crippen LogP contribution in [0.2, 0.25) is 0 Å². The third-order valence-corrected chi connectivity index (χ3v) is 7.22. The van der Waals surface area contributed by atoms with Crippen LogP contribution in [0.1, 0.15) is 36.3 Å². The van der Waals surface area contributed by atoms with Gasteiger partial charge >= 0.3 is 6.03 Å². The maximum atomic E-state index is 12.8. The van der Waals surface area contributed by atoms with Crippen molar-refractivity contribution in [3.8, 4) is 0 Å². The van der Waals surface area contributed by atoms with Gasteiger partial charge in [0.05, 0.1) is 0 Å². The van der Waals surface area contributed by atoms with E-state index < -0.39 is 0 Å². The number of fused-ring (bicyclic) bond motifs is 4. The van der Waals surface area contributed by atoms with Crippen molar-refractivity contribution in [1.82, 2.24) is 15.1 Å². The van der Waals surface area contributed by atoms with Crippen LogP contribution in [0.5, 0.6) is 0 Å². The number of amides is 2. The highest BCUT2D eigenvalue weighted by Gasteiger charge is 2.55. The Labute approximate surface area is 150 Å². The number of urea groups is 1. The van der Waals surface area contributed by atoms with Crippen molar-refractivity contribution in [2.24, 2.45) is 17.8 Å². The molecule has 0 aromatic heterocycles. The lowest BCUT2D eigenvalue weighted by Crippen LogP contribution is -2.57. The number of carbonyl (C=O) groups is 1. The molecule has 4 nitrogen and oxygen atoms in total. The largest absolute Gasteiger partial charge is 0.338 e. The van der Waals surface area contributed by atoms with Gasteiger partial charge in [0.15, 0.2) is 0 Å². The minimum atomic E-state index is 0.192. The quantitative estimate of drug-likeness (QED) is 0.899. The van der Waals surface area contributed by atoms with Crippen LogP contribution in [0.3, 0.4) is 0 Å². The molecule has 4 aliphatic rings. The van der Waals surface area contributed by atoms with Gasteiger partial charge < -0.3 is 15.1 Å². The van der Waals surface area contributed by atoms with Gasteiger partial charge in [-0.15, -0.1) is 0 Å². The second-order valence-electron chi connectivity index (χ2n) is 8.66. The van der Waals surface area contributed by atoms with Gasteiger partial charge in [0.1, 0.15) is 0 Å². The molecule has 4 heteroatoms. The molecule has 1 aromatic carbocycles. The molecule has 0 spiro atoms. The van der Waals surface area contributed by atoms with Crippen molar-refractivity contribution in [2.75, 3.05) is 33.2 Å². The Hall–Kier alpha value is -1.55. The number of nitrogens with one attached hydrogen (secondary N) is 1. The van der Waals surface area contributed by atoms with E-state index in [0.29, 0.717) is 23.8 Å². The monoisotopic (exact) mass is 339 g/mol. The summed E-state index contributed by atoms with van der Waals surface area (Å²) in [7, 11) is 2.21. The maximum Gasteiger partial charge on any atom is 0.317 e. The predicted molar refractivity (Wildman–Crippen MR) is 98.6 cm³/mol. The van der Waals surface area contributed by atoms with Crippen LogP contribution in [-0.2, 0) is 6.42 Å². The lowest BCUT2D eigenvalue weighted by Gasteiger charge is -2.46. The summed E-state index contributed by atoms with van der Waals surface area (Å²) in [5.74, 6) is 2.81. The molecule has 0 bridgehead atoms. The molecule has 2 amide bonds. The third kappa shape index (κ3) is 2.66. The molecule has 134 valence electrons. The Bertz CT molecular complexity index is 675. The van der Waals surface area contributed by atoms with Gasteiger partial charge in [0, 0.05) is 25.7 Å². The minimum Gasteiger partial charge on any atom is -0.338 e. The average Bonchev–Trinajstić information content (AvgIpc) is 3.17. The van der Waals surface area contributed by atoms with Crippen molar-refractivity contribution in [3.05, 3.63) is 35.4 Å². The maximum absolute atomic E-state index is 12.8. The van der Waals surface area contributed by atoms with E-state index in [1.165, 1.54) is 18.4 Å². The van der Waals surface area contributed by atoms with Crippen LogP contribution < -0.4 is 5.32 Å². The summed E-state index contributed by atoms with van der Waals surface area (Å²) in [5.41, 5.74) is 3.07. The molecule has 25 heavy (non-hydrogen) atoms. The fourth-order valence-corrected chi connectivity index (χ4v) is 5.91. The van der Waals surface area contributed by atoms with Crippen LogP contribution in [-0.4, -0.2) is 55.1 Å². The number of hydrogen-bond donors (Lipinski definition) is 1. The average molecular weight is 339 g/mol. The minimum absolute atomic E-state index is 0.192. The van der Waals surface area contributed by atoms with E-state index in [1.807, 2.05) is 0 Å². The Morgan fingerprint density at radius 2 is 2.12 bits per heavy atom. The topological polar surface area (TPSA) is 35.6 Å². The summed E-state index contributed by atoms with van der Waals surface area (Å²) in [5, 5.41) is 3.29. The summed E-state index contributed by atoms with van der Waals surface area (Å²) in [4.78, 5) is 17.4. The molecular weight excluding hydrogens is 310 g/mol. The van der Waals surface area contributed by atoms with Crippen molar-refractivity contribution >= 4 is 6.03 Å². The van der Waals surface area contributed by atoms with E-state index in [4.69, 9.17) is 0 Å². The van der Waals surface area contributed by atoms with Gasteiger partial charge in [-0.25, -0.2) is 4.79 Å². The lowest BCUT2D eigenvalue weighted by atomic mass is 9.84. The fourth-order valence-electron chi connectivity index (χ4n) is 5.91. The zero-order valence-corrected chi connectivity index (χ0v) is 15.2. The first-order chi connectivity index (χ1) is 12.2. The molecule has 2 saturated heterocycles. The van der Waals surface area contributed by atoms with Gasteiger partial charge in [0.2, 0.25) is 0 Å². The van der Waals surface area contributed by atoms with Crippen LogP contribution in [0.25, 0.3) is 0 Å². The zero-order chi connectivity index (χ0) is 17.0. The molecule has 1 saturated carbocycles. The van der Waals surface area contributed by atoms with Gasteiger partial charge in [-0.2, -0.15) is 0 Å². The summed E-state index contributed by atoms with van der Waals surface area (Å²) in [6.07, 6.45) is 4.78. The molecule has 5 rings (SSSR count). The standard InChI is InChI=1S/C21H29N3O/c1-23-10-8-19-15(13-23)6-4-9-24(19)21(25)22-12-18-17-11-14-5-2-3-7-16(14)20(17)18/h2-3,5,7,15,17-20H,4,6,8-13H2,1H3,(H,22,25)/t15-,17+,18-,19-,20-/m1/s1. The Kier molecular flexibility index (Phi) is 3.77. The SMILES string of the molecule is CN1CC[C@@H]2[C@H](CCCN2C(=O)NC[C@@H]2[C@@H]3Cc4ccccc4[C@@H]23)C1. The van der Waals surface area contributed by atoms with E-state index in [9.17, 15) is 4.79 Å². The number of nitrogens with zero attached hydrogens (tertiary/aromatic N) is 2. The van der Waals surface area contributed by atoms with Gasteiger partial charge in [-0.1, -0.05) is 24.3 Å². The van der Waals surface area contributed by atoms with Gasteiger partial charge in [0.25, 0.3) is 0 Å². The second-order valence-corrected chi connectivity index (χ2v) is 8.66. The molecule has 0 radical (unpaired) electrons. The fraction of sp³-hybridized carbons (Fsp3) is 0.667. The smallest absolute Gasteiger partial charge is 0.317 e. The van der Waals surface area contributed by atoms with Crippen molar-refractivity contribution in [3.63, 3.8) is 0 Å². The first-order valence-electron chi connectivity index (χ1n) is 10.0. The normalized spacial score (nSPS) is 36.4. The summed E-state index contributed by atoms with van der Waals surface area (Å²) in [6.45, 7) is 4.07. The Balaban J connectivity index is 1.18. The predicted octanol–water partition coefficient (Wildman–Crippen LogP) is 2.70. The molecule has 2 heterocycles. The number of likely N-dealkylation sites (tertiary alicyclic amines) is 2. The van der Waals surface area contributed by atoms with Crippen molar-refractivity contribution in [2.45, 2.75) is 37.6 Å². The first kappa shape index (κ1) is 15.7. The van der Waals surface area contributed by atoms with Crippen molar-refractivity contribution < 1.29 is 4.79 Å². The highest BCUT2D eigenvalue weighted by molar-refractivity contribution is 5.75. The first-order valence-corrected chi connectivity index (χ1v) is 10.0.